The van der Waals surface area contributed by atoms with Gasteiger partial charge in [-0.2, -0.15) is 5.26 Å². The molecule has 0 amide bonds. The van der Waals surface area contributed by atoms with Crippen molar-refractivity contribution in [3.8, 4) is 6.07 Å². The Labute approximate surface area is 160 Å². The van der Waals surface area contributed by atoms with Gasteiger partial charge < -0.3 is 9.80 Å². The molecule has 2 aromatic carbocycles. The number of hydrogen-bond acceptors (Lipinski definition) is 5. The topological polar surface area (TPSA) is 55.0 Å². The first-order valence-corrected chi connectivity index (χ1v) is 9.09. The molecule has 3 rings (SSSR count). The number of benzene rings is 2. The van der Waals surface area contributed by atoms with Gasteiger partial charge in [0.25, 0.3) is 0 Å². The third-order valence-corrected chi connectivity index (χ3v) is 4.67. The summed E-state index contributed by atoms with van der Waals surface area (Å²) in [5.41, 5.74) is 5.06. The van der Waals surface area contributed by atoms with Crippen LogP contribution in [0.3, 0.4) is 0 Å². The molecule has 0 saturated carbocycles. The number of nitrogens with zero attached hydrogens (tertiary/aromatic N) is 5. The summed E-state index contributed by atoms with van der Waals surface area (Å²) in [6, 6.07) is 18.1. The molecule has 0 radical (unpaired) electrons. The second-order valence-corrected chi connectivity index (χ2v) is 6.19. The van der Waals surface area contributed by atoms with Crippen LogP contribution in [-0.2, 0) is 0 Å². The van der Waals surface area contributed by atoms with Gasteiger partial charge in [0.15, 0.2) is 5.70 Å². The van der Waals surface area contributed by atoms with Gasteiger partial charge in [-0.1, -0.05) is 24.3 Å². The lowest BCUT2D eigenvalue weighted by Crippen LogP contribution is -2.21. The molecule has 0 aromatic heterocycles. The fourth-order valence-electron chi connectivity index (χ4n) is 3.14. The molecule has 0 saturated heterocycles. The Hall–Kier alpha value is -3.39. The SMILES string of the molecule is CCN(CC)c1ccc(N=N/C(C#N)=C2/C=Cc3ccccc3N2C)cc1. The molecular formula is C22H23N5. The van der Waals surface area contributed by atoms with Crippen molar-refractivity contribution in [3.63, 3.8) is 0 Å². The average Bonchev–Trinajstić information content (AvgIpc) is 2.72. The van der Waals surface area contributed by atoms with Crippen molar-refractivity contribution in [2.24, 2.45) is 10.2 Å². The number of para-hydroxylation sites is 1. The first-order chi connectivity index (χ1) is 13.2. The molecule has 1 heterocycles. The number of rotatable bonds is 5. The molecule has 0 aliphatic carbocycles. The lowest BCUT2D eigenvalue weighted by Gasteiger charge is -2.26. The Kier molecular flexibility index (Phi) is 5.68. The van der Waals surface area contributed by atoms with Gasteiger partial charge in [-0.15, -0.1) is 10.2 Å². The molecule has 0 spiro atoms. The maximum absolute atomic E-state index is 9.57. The van der Waals surface area contributed by atoms with Crippen LogP contribution in [0.25, 0.3) is 6.08 Å². The quantitative estimate of drug-likeness (QED) is 0.523. The summed E-state index contributed by atoms with van der Waals surface area (Å²) < 4.78 is 0. The van der Waals surface area contributed by atoms with Gasteiger partial charge in [-0.3, -0.25) is 0 Å². The van der Waals surface area contributed by atoms with Crippen molar-refractivity contribution in [1.82, 2.24) is 0 Å². The van der Waals surface area contributed by atoms with Crippen molar-refractivity contribution in [2.45, 2.75) is 13.8 Å². The minimum atomic E-state index is 0.288. The van der Waals surface area contributed by atoms with E-state index < -0.39 is 0 Å². The van der Waals surface area contributed by atoms with Crippen LogP contribution in [0.5, 0.6) is 0 Å². The summed E-state index contributed by atoms with van der Waals surface area (Å²) in [4.78, 5) is 4.24. The van der Waals surface area contributed by atoms with E-state index in [0.717, 1.165) is 41.4 Å². The van der Waals surface area contributed by atoms with Gasteiger partial charge >= 0.3 is 0 Å². The van der Waals surface area contributed by atoms with Crippen molar-refractivity contribution in [2.75, 3.05) is 29.9 Å². The Balaban J connectivity index is 1.85. The van der Waals surface area contributed by atoms with E-state index in [9.17, 15) is 5.26 Å². The summed E-state index contributed by atoms with van der Waals surface area (Å²) in [5, 5.41) is 18.0. The smallest absolute Gasteiger partial charge is 0.186 e. The van der Waals surface area contributed by atoms with E-state index in [1.54, 1.807) is 0 Å². The molecular weight excluding hydrogens is 334 g/mol. The van der Waals surface area contributed by atoms with E-state index in [2.05, 4.69) is 35.0 Å². The first kappa shape index (κ1) is 18.4. The number of allylic oxidation sites excluding steroid dienone is 2. The Morgan fingerprint density at radius 3 is 2.41 bits per heavy atom. The molecule has 2 aromatic rings. The van der Waals surface area contributed by atoms with E-state index in [4.69, 9.17) is 0 Å². The number of fused-ring (bicyclic) bond motifs is 1. The van der Waals surface area contributed by atoms with Crippen molar-refractivity contribution in [1.29, 1.82) is 5.26 Å². The Morgan fingerprint density at radius 2 is 1.74 bits per heavy atom. The molecule has 0 atom stereocenters. The number of hydrogen-bond donors (Lipinski definition) is 0. The van der Waals surface area contributed by atoms with Crippen LogP contribution < -0.4 is 9.80 Å². The lowest BCUT2D eigenvalue weighted by atomic mass is 10.1. The maximum atomic E-state index is 9.57. The summed E-state index contributed by atoms with van der Waals surface area (Å²) >= 11 is 0. The third kappa shape index (κ3) is 3.90. The third-order valence-electron chi connectivity index (χ3n) is 4.67. The molecule has 0 unspecified atom stereocenters. The second kappa shape index (κ2) is 8.33. The van der Waals surface area contributed by atoms with Crippen molar-refractivity contribution in [3.05, 3.63) is 71.6 Å². The van der Waals surface area contributed by atoms with Gasteiger partial charge in [0.1, 0.15) is 6.07 Å². The molecule has 136 valence electrons. The second-order valence-electron chi connectivity index (χ2n) is 6.19. The van der Waals surface area contributed by atoms with Gasteiger partial charge in [0.2, 0.25) is 0 Å². The fraction of sp³-hybridized carbons (Fsp3) is 0.227. The summed E-state index contributed by atoms with van der Waals surface area (Å²) in [5.74, 6) is 0. The molecule has 27 heavy (non-hydrogen) atoms. The molecule has 1 aliphatic heterocycles. The van der Waals surface area contributed by atoms with Gasteiger partial charge in [-0.05, 0) is 55.8 Å². The van der Waals surface area contributed by atoms with Gasteiger partial charge in [0, 0.05) is 31.5 Å². The number of nitriles is 1. The zero-order valence-corrected chi connectivity index (χ0v) is 15.9. The maximum Gasteiger partial charge on any atom is 0.186 e. The molecule has 1 aliphatic rings. The Morgan fingerprint density at radius 1 is 1.04 bits per heavy atom. The van der Waals surface area contributed by atoms with Crippen LogP contribution in [0, 0.1) is 11.3 Å². The van der Waals surface area contributed by atoms with E-state index in [0.29, 0.717) is 0 Å². The highest BCUT2D eigenvalue weighted by Crippen LogP contribution is 2.31. The zero-order chi connectivity index (χ0) is 19.2. The van der Waals surface area contributed by atoms with E-state index in [1.165, 1.54) is 0 Å². The molecule has 0 bridgehead atoms. The Bertz CT molecular complexity index is 928. The minimum absolute atomic E-state index is 0.288. The van der Waals surface area contributed by atoms with Crippen LogP contribution in [0.2, 0.25) is 0 Å². The highest BCUT2D eigenvalue weighted by atomic mass is 15.2. The van der Waals surface area contributed by atoms with Gasteiger partial charge in [0.05, 0.1) is 11.4 Å². The lowest BCUT2D eigenvalue weighted by molar-refractivity contribution is 0.866. The highest BCUT2D eigenvalue weighted by Gasteiger charge is 2.17. The zero-order valence-electron chi connectivity index (χ0n) is 15.9. The van der Waals surface area contributed by atoms with Crippen LogP contribution in [0.15, 0.2) is 76.2 Å². The molecule has 5 nitrogen and oxygen atoms in total. The molecule has 0 N–H and O–H groups in total. The van der Waals surface area contributed by atoms with Crippen LogP contribution >= 0.6 is 0 Å². The predicted molar refractivity (Wildman–Crippen MR) is 111 cm³/mol. The van der Waals surface area contributed by atoms with Crippen molar-refractivity contribution < 1.29 is 0 Å². The van der Waals surface area contributed by atoms with Crippen LogP contribution in [0.1, 0.15) is 19.4 Å². The summed E-state index contributed by atoms with van der Waals surface area (Å²) in [7, 11) is 1.93. The number of azo groups is 1. The van der Waals surface area contributed by atoms with E-state index in [-0.39, 0.29) is 5.70 Å². The van der Waals surface area contributed by atoms with E-state index >= 15 is 0 Å². The standard InChI is InChI=1S/C22H23N5/c1-4-27(5-2)19-13-11-18(12-14-19)24-25-20(16-23)22-15-10-17-8-6-7-9-21(17)26(22)3/h6-15H,4-5H2,1-3H3/b22-20-,25-24?. The molecule has 0 fully saturated rings. The van der Waals surface area contributed by atoms with E-state index in [1.807, 2.05) is 72.6 Å². The summed E-state index contributed by atoms with van der Waals surface area (Å²) in [6.07, 6.45) is 3.90. The van der Waals surface area contributed by atoms with Gasteiger partial charge in [-0.25, -0.2) is 0 Å². The van der Waals surface area contributed by atoms with Crippen LogP contribution in [-0.4, -0.2) is 20.1 Å². The largest absolute Gasteiger partial charge is 0.372 e. The minimum Gasteiger partial charge on any atom is -0.372 e. The van der Waals surface area contributed by atoms with Crippen LogP contribution in [0.4, 0.5) is 17.1 Å². The molecule has 5 heteroatoms. The monoisotopic (exact) mass is 357 g/mol. The van der Waals surface area contributed by atoms with Crippen molar-refractivity contribution >= 4 is 23.1 Å². The fourth-order valence-corrected chi connectivity index (χ4v) is 3.14. The first-order valence-electron chi connectivity index (χ1n) is 9.09. The normalized spacial score (nSPS) is 14.8. The average molecular weight is 357 g/mol. The predicted octanol–water partition coefficient (Wildman–Crippen LogP) is 5.51. The summed E-state index contributed by atoms with van der Waals surface area (Å²) in [6.45, 7) is 6.19. The number of likely N-dealkylation sites (N-methyl/N-ethyl adjacent to an activating group) is 1. The number of anilines is 2. The highest BCUT2D eigenvalue weighted by molar-refractivity contribution is 5.76.